The maximum absolute atomic E-state index is 12.6. The minimum Gasteiger partial charge on any atom is -0.372 e. The van der Waals surface area contributed by atoms with Gasteiger partial charge in [-0.25, -0.2) is 0 Å². The molecule has 2 aromatic rings. The van der Waals surface area contributed by atoms with Crippen LogP contribution >= 0.6 is 0 Å². The number of hydrogen-bond acceptors (Lipinski definition) is 3. The van der Waals surface area contributed by atoms with Gasteiger partial charge in [-0.05, 0) is 44.2 Å². The van der Waals surface area contributed by atoms with Crippen molar-refractivity contribution in [2.75, 3.05) is 23.3 Å². The van der Waals surface area contributed by atoms with Crippen LogP contribution in [-0.2, 0) is 6.54 Å². The second-order valence-electron chi connectivity index (χ2n) is 5.69. The maximum atomic E-state index is 12.6. The Bertz CT molecular complexity index is 782. The third-order valence-electron chi connectivity index (χ3n) is 4.33. The van der Waals surface area contributed by atoms with E-state index < -0.39 is 0 Å². The minimum atomic E-state index is -0.170. The van der Waals surface area contributed by atoms with Crippen LogP contribution in [0.1, 0.15) is 40.1 Å². The van der Waals surface area contributed by atoms with Crippen LogP contribution in [0.15, 0.2) is 42.5 Å². The lowest BCUT2D eigenvalue weighted by molar-refractivity contribution is 0.0964. The summed E-state index contributed by atoms with van der Waals surface area (Å²) in [6.45, 7) is 6.41. The highest BCUT2D eigenvalue weighted by Gasteiger charge is 2.22. The Kier molecular flexibility index (Phi) is 4.51. The van der Waals surface area contributed by atoms with E-state index >= 15 is 0 Å². The van der Waals surface area contributed by atoms with E-state index in [-0.39, 0.29) is 11.8 Å². The number of anilines is 2. The molecule has 0 radical (unpaired) electrons. The van der Waals surface area contributed by atoms with Crippen LogP contribution in [0.4, 0.5) is 11.4 Å². The quantitative estimate of drug-likeness (QED) is 0.889. The topological polar surface area (TPSA) is 61.4 Å². The first kappa shape index (κ1) is 16.1. The second-order valence-corrected chi connectivity index (χ2v) is 5.69. The van der Waals surface area contributed by atoms with Crippen LogP contribution in [0.2, 0.25) is 0 Å². The predicted molar refractivity (Wildman–Crippen MR) is 95.6 cm³/mol. The third kappa shape index (κ3) is 2.97. The Morgan fingerprint density at radius 1 is 1.17 bits per heavy atom. The van der Waals surface area contributed by atoms with Crippen LogP contribution in [0.25, 0.3) is 0 Å². The standard InChI is InChI=1S/C19H21N3O2/c1-3-22(4-2)14-8-5-7-13(11-14)18(23)21-17-10-6-9-15-16(17)12-20-19(15)24/h5-11H,3-4,12H2,1-2H3,(H,20,24)(H,21,23). The molecule has 3 rings (SSSR count). The highest BCUT2D eigenvalue weighted by Crippen LogP contribution is 2.25. The lowest BCUT2D eigenvalue weighted by Crippen LogP contribution is -2.22. The zero-order chi connectivity index (χ0) is 17.1. The van der Waals surface area contributed by atoms with Crippen molar-refractivity contribution in [2.24, 2.45) is 0 Å². The highest BCUT2D eigenvalue weighted by atomic mass is 16.2. The SMILES string of the molecule is CCN(CC)c1cccc(C(=O)Nc2cccc3c2CNC3=O)c1. The molecule has 2 aromatic carbocycles. The van der Waals surface area contributed by atoms with Crippen LogP contribution in [0.5, 0.6) is 0 Å². The molecule has 0 spiro atoms. The van der Waals surface area contributed by atoms with Gasteiger partial charge in [-0.15, -0.1) is 0 Å². The summed E-state index contributed by atoms with van der Waals surface area (Å²) in [5, 5.41) is 5.71. The van der Waals surface area contributed by atoms with Gasteiger partial charge in [-0.3, -0.25) is 9.59 Å². The van der Waals surface area contributed by atoms with Gasteiger partial charge in [0, 0.05) is 47.7 Å². The summed E-state index contributed by atoms with van der Waals surface area (Å²) < 4.78 is 0. The summed E-state index contributed by atoms with van der Waals surface area (Å²) in [4.78, 5) is 26.5. The molecule has 2 amide bonds. The fraction of sp³-hybridized carbons (Fsp3) is 0.263. The molecule has 0 unspecified atom stereocenters. The van der Waals surface area contributed by atoms with E-state index in [4.69, 9.17) is 0 Å². The van der Waals surface area contributed by atoms with Gasteiger partial charge >= 0.3 is 0 Å². The van der Waals surface area contributed by atoms with Gasteiger partial charge in [0.2, 0.25) is 0 Å². The van der Waals surface area contributed by atoms with Crippen LogP contribution in [0, 0.1) is 0 Å². The summed E-state index contributed by atoms with van der Waals surface area (Å²) in [7, 11) is 0. The summed E-state index contributed by atoms with van der Waals surface area (Å²) in [6.07, 6.45) is 0. The number of nitrogens with one attached hydrogen (secondary N) is 2. The monoisotopic (exact) mass is 323 g/mol. The lowest BCUT2D eigenvalue weighted by Gasteiger charge is -2.21. The molecular weight excluding hydrogens is 302 g/mol. The molecule has 2 N–H and O–H groups in total. The molecule has 0 fully saturated rings. The zero-order valence-corrected chi connectivity index (χ0v) is 13.9. The van der Waals surface area contributed by atoms with Gasteiger partial charge in [-0.2, -0.15) is 0 Å². The maximum Gasteiger partial charge on any atom is 0.255 e. The van der Waals surface area contributed by atoms with Crippen LogP contribution < -0.4 is 15.5 Å². The first-order valence-corrected chi connectivity index (χ1v) is 8.20. The number of hydrogen-bond donors (Lipinski definition) is 2. The van der Waals surface area contributed by atoms with Crippen molar-refractivity contribution in [2.45, 2.75) is 20.4 Å². The Morgan fingerprint density at radius 2 is 1.92 bits per heavy atom. The highest BCUT2D eigenvalue weighted by molar-refractivity contribution is 6.07. The second kappa shape index (κ2) is 6.74. The van der Waals surface area contributed by atoms with Crippen LogP contribution in [-0.4, -0.2) is 24.9 Å². The summed E-state index contributed by atoms with van der Waals surface area (Å²) in [5.74, 6) is -0.263. The summed E-state index contributed by atoms with van der Waals surface area (Å²) in [5.41, 5.74) is 3.79. The van der Waals surface area contributed by atoms with Crippen molar-refractivity contribution < 1.29 is 9.59 Å². The number of carbonyl (C=O) groups is 2. The Morgan fingerprint density at radius 3 is 2.67 bits per heavy atom. The van der Waals surface area contributed by atoms with E-state index in [1.54, 1.807) is 18.2 Å². The molecule has 0 atom stereocenters. The molecular formula is C19H21N3O2. The average molecular weight is 323 g/mol. The van der Waals surface area contributed by atoms with Crippen molar-refractivity contribution >= 4 is 23.2 Å². The molecule has 124 valence electrons. The van der Waals surface area contributed by atoms with Gasteiger partial charge in [0.1, 0.15) is 0 Å². The van der Waals surface area contributed by atoms with Crippen molar-refractivity contribution in [1.82, 2.24) is 5.32 Å². The number of carbonyl (C=O) groups excluding carboxylic acids is 2. The number of nitrogens with zero attached hydrogens (tertiary/aromatic N) is 1. The Balaban J connectivity index is 1.84. The van der Waals surface area contributed by atoms with E-state index in [1.807, 2.05) is 24.3 Å². The summed E-state index contributed by atoms with van der Waals surface area (Å²) in [6, 6.07) is 13.0. The zero-order valence-electron chi connectivity index (χ0n) is 13.9. The first-order valence-electron chi connectivity index (χ1n) is 8.20. The van der Waals surface area contributed by atoms with Crippen molar-refractivity contribution in [3.8, 4) is 0 Å². The third-order valence-corrected chi connectivity index (χ3v) is 4.33. The molecule has 24 heavy (non-hydrogen) atoms. The van der Waals surface area contributed by atoms with Crippen molar-refractivity contribution in [3.05, 3.63) is 59.2 Å². The fourth-order valence-corrected chi connectivity index (χ4v) is 3.00. The molecule has 0 saturated carbocycles. The lowest BCUT2D eigenvalue weighted by atomic mass is 10.1. The molecule has 1 heterocycles. The van der Waals surface area contributed by atoms with Crippen molar-refractivity contribution in [3.63, 3.8) is 0 Å². The van der Waals surface area contributed by atoms with Gasteiger partial charge < -0.3 is 15.5 Å². The van der Waals surface area contributed by atoms with Gasteiger partial charge in [0.05, 0.1) is 0 Å². The Hall–Kier alpha value is -2.82. The molecule has 0 saturated heterocycles. The largest absolute Gasteiger partial charge is 0.372 e. The molecule has 5 nitrogen and oxygen atoms in total. The van der Waals surface area contributed by atoms with Gasteiger partial charge in [0.25, 0.3) is 11.8 Å². The average Bonchev–Trinajstić information content (AvgIpc) is 2.99. The van der Waals surface area contributed by atoms with E-state index in [1.165, 1.54) is 0 Å². The molecule has 1 aliphatic rings. The van der Waals surface area contributed by atoms with Crippen LogP contribution in [0.3, 0.4) is 0 Å². The number of fused-ring (bicyclic) bond motifs is 1. The Labute approximate surface area is 141 Å². The predicted octanol–water partition coefficient (Wildman–Crippen LogP) is 3.03. The van der Waals surface area contributed by atoms with E-state index in [2.05, 4.69) is 29.4 Å². The van der Waals surface area contributed by atoms with E-state index in [0.717, 1.165) is 24.3 Å². The van der Waals surface area contributed by atoms with E-state index in [9.17, 15) is 9.59 Å². The fourth-order valence-electron chi connectivity index (χ4n) is 3.00. The summed E-state index contributed by atoms with van der Waals surface area (Å²) >= 11 is 0. The normalized spacial score (nSPS) is 12.5. The molecule has 0 aliphatic carbocycles. The molecule has 5 heteroatoms. The first-order chi connectivity index (χ1) is 11.6. The molecule has 0 bridgehead atoms. The smallest absolute Gasteiger partial charge is 0.255 e. The minimum absolute atomic E-state index is 0.0929. The van der Waals surface area contributed by atoms with Gasteiger partial charge in [-0.1, -0.05) is 12.1 Å². The number of benzene rings is 2. The molecule has 1 aliphatic heterocycles. The number of amides is 2. The van der Waals surface area contributed by atoms with E-state index in [0.29, 0.717) is 23.4 Å². The van der Waals surface area contributed by atoms with Crippen molar-refractivity contribution in [1.29, 1.82) is 0 Å². The van der Waals surface area contributed by atoms with Gasteiger partial charge in [0.15, 0.2) is 0 Å². The number of rotatable bonds is 5. The molecule has 0 aromatic heterocycles.